The minimum atomic E-state index is -4.58. The van der Waals surface area contributed by atoms with Crippen molar-refractivity contribution < 1.29 is 32.5 Å². The van der Waals surface area contributed by atoms with Gasteiger partial charge in [0.05, 0.1) is 9.82 Å². The minimum absolute atomic E-state index is 0.105. The van der Waals surface area contributed by atoms with Crippen LogP contribution >= 0.6 is 0 Å². The summed E-state index contributed by atoms with van der Waals surface area (Å²) in [6, 6.07) is 0.738. The fraction of sp³-hybridized carbons (Fsp3) is 0.444. The van der Waals surface area contributed by atoms with Crippen LogP contribution in [0.2, 0.25) is 0 Å². The van der Waals surface area contributed by atoms with Crippen LogP contribution in [0.4, 0.5) is 11.4 Å². The lowest BCUT2D eigenvalue weighted by Gasteiger charge is -2.22. The second kappa shape index (κ2) is 9.11. The van der Waals surface area contributed by atoms with E-state index in [1.54, 1.807) is 4.72 Å². The van der Waals surface area contributed by atoms with Gasteiger partial charge in [-0.15, -0.1) is 0 Å². The summed E-state index contributed by atoms with van der Waals surface area (Å²) in [5, 5.41) is 13.9. The highest BCUT2D eigenvalue weighted by Crippen LogP contribution is 2.39. The quantitative estimate of drug-likeness (QED) is 0.345. The largest absolute Gasteiger partial charge is 0.313 e. The molecule has 0 bridgehead atoms. The number of amides is 2. The van der Waals surface area contributed by atoms with Gasteiger partial charge >= 0.3 is 5.91 Å². The van der Waals surface area contributed by atoms with Gasteiger partial charge in [-0.2, -0.15) is 0 Å². The lowest BCUT2D eigenvalue weighted by molar-refractivity contribution is -0.384. The molecule has 2 rings (SSSR count). The minimum Gasteiger partial charge on any atom is -0.313 e. The molecule has 162 valence electrons. The zero-order valence-corrected chi connectivity index (χ0v) is 17.3. The molecule has 2 N–H and O–H groups in total. The lowest BCUT2D eigenvalue weighted by Crippen LogP contribution is -2.36. The molecule has 1 aromatic carbocycles. The van der Waals surface area contributed by atoms with E-state index in [0.29, 0.717) is 12.8 Å². The van der Waals surface area contributed by atoms with E-state index in [1.807, 2.05) is 0 Å². The summed E-state index contributed by atoms with van der Waals surface area (Å²) >= 11 is 0. The molecule has 0 unspecified atom stereocenters. The fourth-order valence-electron chi connectivity index (χ4n) is 3.15. The zero-order valence-electron chi connectivity index (χ0n) is 16.4. The number of sulfonamides is 1. The van der Waals surface area contributed by atoms with Gasteiger partial charge in [0.2, 0.25) is 11.6 Å². The van der Waals surface area contributed by atoms with Gasteiger partial charge in [-0.05, 0) is 36.8 Å². The molecular formula is C18H21N3O8S. The molecule has 0 atom stereocenters. The van der Waals surface area contributed by atoms with Crippen LogP contribution in [0.3, 0.4) is 0 Å². The number of Topliss-reactive ketones (excluding diaryl/α,β-unsaturated/α-hetero) is 2. The van der Waals surface area contributed by atoms with Crippen LogP contribution in [0, 0.1) is 10.1 Å². The molecule has 0 heterocycles. The van der Waals surface area contributed by atoms with Crippen LogP contribution in [0.5, 0.6) is 0 Å². The van der Waals surface area contributed by atoms with Crippen molar-refractivity contribution in [2.24, 2.45) is 0 Å². The SMILES string of the molecule is CCC(=O)C(=O)Nc1c([N+](=O)[O-])cc(S(=O)(=O)NC(=O)C(=O)CC)c2c1CCCC2. The zero-order chi connectivity index (χ0) is 22.6. The van der Waals surface area contributed by atoms with Crippen molar-refractivity contribution in [3.05, 3.63) is 27.3 Å². The van der Waals surface area contributed by atoms with Crippen molar-refractivity contribution in [2.75, 3.05) is 5.32 Å². The number of nitrogens with zero attached hydrogens (tertiary/aromatic N) is 1. The standard InChI is InChI=1S/C18H21N3O8S/c1-3-13(22)17(24)19-16-11-8-6-5-7-10(11)15(9-12(16)21(26)27)30(28,29)20-18(25)14(23)4-2/h9H,3-8H2,1-2H3,(H,19,24)(H,20,25). The second-order valence-electron chi connectivity index (χ2n) is 6.63. The third-order valence-electron chi connectivity index (χ3n) is 4.69. The molecule has 11 nitrogen and oxygen atoms in total. The number of carbonyl (C=O) groups is 4. The summed E-state index contributed by atoms with van der Waals surface area (Å²) in [5.74, 6) is -4.11. The molecule has 0 saturated heterocycles. The Kier molecular flexibility index (Phi) is 7.03. The van der Waals surface area contributed by atoms with E-state index in [4.69, 9.17) is 0 Å². The number of hydrogen-bond acceptors (Lipinski definition) is 8. The first kappa shape index (κ1) is 23.1. The molecule has 12 heteroatoms. The Morgan fingerprint density at radius 1 is 1.00 bits per heavy atom. The number of nitrogens with one attached hydrogen (secondary N) is 2. The molecule has 30 heavy (non-hydrogen) atoms. The van der Waals surface area contributed by atoms with Gasteiger partial charge in [0.15, 0.2) is 0 Å². The molecule has 0 saturated carbocycles. The molecule has 0 radical (unpaired) electrons. The molecule has 2 amide bonds. The highest BCUT2D eigenvalue weighted by molar-refractivity contribution is 7.90. The van der Waals surface area contributed by atoms with E-state index in [-0.39, 0.29) is 42.5 Å². The number of nitro groups is 1. The van der Waals surface area contributed by atoms with Gasteiger partial charge in [-0.3, -0.25) is 29.3 Å². The Morgan fingerprint density at radius 3 is 2.07 bits per heavy atom. The van der Waals surface area contributed by atoms with Crippen LogP contribution in [0.15, 0.2) is 11.0 Å². The average molecular weight is 439 g/mol. The first-order valence-electron chi connectivity index (χ1n) is 9.30. The van der Waals surface area contributed by atoms with Crippen LogP contribution < -0.4 is 10.0 Å². The Labute approximate surface area is 172 Å². The van der Waals surface area contributed by atoms with Gasteiger partial charge in [0, 0.05) is 18.9 Å². The van der Waals surface area contributed by atoms with E-state index >= 15 is 0 Å². The van der Waals surface area contributed by atoms with Crippen molar-refractivity contribution in [2.45, 2.75) is 57.3 Å². The topological polar surface area (TPSA) is 170 Å². The monoisotopic (exact) mass is 439 g/mol. The first-order valence-corrected chi connectivity index (χ1v) is 10.8. The summed E-state index contributed by atoms with van der Waals surface area (Å²) in [5.41, 5.74) is -0.517. The van der Waals surface area contributed by atoms with E-state index in [2.05, 4.69) is 5.32 Å². The molecular weight excluding hydrogens is 418 g/mol. The van der Waals surface area contributed by atoms with Crippen molar-refractivity contribution >= 4 is 44.8 Å². The third kappa shape index (κ3) is 4.70. The van der Waals surface area contributed by atoms with Crippen LogP contribution in [-0.2, 0) is 42.0 Å². The maximum atomic E-state index is 12.7. The molecule has 0 fully saturated rings. The Morgan fingerprint density at radius 2 is 1.53 bits per heavy atom. The molecule has 0 aliphatic heterocycles. The normalized spacial score (nSPS) is 13.1. The number of nitro benzene ring substituents is 1. The van der Waals surface area contributed by atoms with E-state index in [0.717, 1.165) is 6.07 Å². The van der Waals surface area contributed by atoms with E-state index in [1.165, 1.54) is 13.8 Å². The average Bonchev–Trinajstić information content (AvgIpc) is 2.71. The molecule has 1 aliphatic rings. The second-order valence-corrected chi connectivity index (χ2v) is 8.28. The Bertz CT molecular complexity index is 1050. The molecule has 0 spiro atoms. The number of carbonyl (C=O) groups excluding carboxylic acids is 4. The third-order valence-corrected chi connectivity index (χ3v) is 6.09. The first-order chi connectivity index (χ1) is 14.0. The molecule has 1 aliphatic carbocycles. The summed E-state index contributed by atoms with van der Waals surface area (Å²) in [7, 11) is -4.58. The van der Waals surface area contributed by atoms with E-state index in [9.17, 15) is 37.7 Å². The Hall–Kier alpha value is -3.15. The number of benzene rings is 1. The van der Waals surface area contributed by atoms with Crippen molar-refractivity contribution in [3.63, 3.8) is 0 Å². The lowest BCUT2D eigenvalue weighted by atomic mass is 9.89. The fourth-order valence-corrected chi connectivity index (χ4v) is 4.44. The number of anilines is 1. The van der Waals surface area contributed by atoms with Gasteiger partial charge in [-0.25, -0.2) is 13.1 Å². The Balaban J connectivity index is 2.67. The van der Waals surface area contributed by atoms with Gasteiger partial charge in [-0.1, -0.05) is 13.8 Å². The summed E-state index contributed by atoms with van der Waals surface area (Å²) < 4.78 is 27.1. The van der Waals surface area contributed by atoms with Gasteiger partial charge in [0.1, 0.15) is 5.69 Å². The maximum Gasteiger partial charge on any atom is 0.301 e. The number of hydrogen-bond donors (Lipinski definition) is 2. The van der Waals surface area contributed by atoms with Crippen molar-refractivity contribution in [3.8, 4) is 0 Å². The maximum absolute atomic E-state index is 12.7. The van der Waals surface area contributed by atoms with Gasteiger partial charge in [0.25, 0.3) is 21.6 Å². The number of ketones is 2. The number of fused-ring (bicyclic) bond motifs is 1. The van der Waals surface area contributed by atoms with Gasteiger partial charge < -0.3 is 5.32 Å². The highest BCUT2D eigenvalue weighted by Gasteiger charge is 2.33. The van der Waals surface area contributed by atoms with Crippen molar-refractivity contribution in [1.29, 1.82) is 0 Å². The molecule has 0 aromatic heterocycles. The smallest absolute Gasteiger partial charge is 0.301 e. The summed E-state index contributed by atoms with van der Waals surface area (Å²) in [6.45, 7) is 2.85. The highest BCUT2D eigenvalue weighted by atomic mass is 32.2. The summed E-state index contributed by atoms with van der Waals surface area (Å²) in [6.07, 6.45) is 1.30. The van der Waals surface area contributed by atoms with Crippen LogP contribution in [0.1, 0.15) is 50.7 Å². The van der Waals surface area contributed by atoms with E-state index < -0.39 is 48.9 Å². The van der Waals surface area contributed by atoms with Crippen molar-refractivity contribution in [1.82, 2.24) is 4.72 Å². The predicted molar refractivity (Wildman–Crippen MR) is 104 cm³/mol. The predicted octanol–water partition coefficient (Wildman–Crippen LogP) is 1.18. The van der Waals surface area contributed by atoms with Crippen LogP contribution in [0.25, 0.3) is 0 Å². The number of rotatable bonds is 8. The van der Waals surface area contributed by atoms with Crippen LogP contribution in [-0.4, -0.2) is 36.7 Å². The molecule has 1 aromatic rings. The summed E-state index contributed by atoms with van der Waals surface area (Å²) in [4.78, 5) is 57.2.